The number of carbonyl (C=O) groups excluding carboxylic acids is 1. The molecule has 0 saturated heterocycles. The molecule has 2 aromatic rings. The van der Waals surface area contributed by atoms with Gasteiger partial charge in [0.25, 0.3) is 0 Å². The number of benzene rings is 1. The molecule has 0 aliphatic carbocycles. The molecule has 1 aliphatic rings. The van der Waals surface area contributed by atoms with Crippen molar-refractivity contribution in [2.75, 3.05) is 46.0 Å². The van der Waals surface area contributed by atoms with Crippen LogP contribution in [0.5, 0.6) is 5.75 Å². The van der Waals surface area contributed by atoms with Crippen LogP contribution in [0.3, 0.4) is 0 Å². The number of fused-ring (bicyclic) bond motifs is 1. The second kappa shape index (κ2) is 12.3. The van der Waals surface area contributed by atoms with Gasteiger partial charge < -0.3 is 19.5 Å². The van der Waals surface area contributed by atoms with E-state index in [1.165, 1.54) is 10.4 Å². The summed E-state index contributed by atoms with van der Waals surface area (Å²) in [5.74, 6) is 0.906. The lowest BCUT2D eigenvalue weighted by atomic mass is 10.0. The van der Waals surface area contributed by atoms with Crippen LogP contribution in [-0.2, 0) is 16.0 Å². The van der Waals surface area contributed by atoms with Gasteiger partial charge in [-0.3, -0.25) is 9.69 Å². The van der Waals surface area contributed by atoms with Gasteiger partial charge in [-0.05, 0) is 67.9 Å². The Morgan fingerprint density at radius 1 is 1.34 bits per heavy atom. The highest BCUT2D eigenvalue weighted by atomic mass is 32.1. The van der Waals surface area contributed by atoms with E-state index in [2.05, 4.69) is 18.4 Å². The maximum atomic E-state index is 13.4. The molecule has 2 atom stereocenters. The van der Waals surface area contributed by atoms with E-state index < -0.39 is 6.10 Å². The second-order valence-corrected chi connectivity index (χ2v) is 9.33. The van der Waals surface area contributed by atoms with Crippen molar-refractivity contribution in [3.05, 3.63) is 51.7 Å². The molecule has 2 heterocycles. The van der Waals surface area contributed by atoms with Gasteiger partial charge in [0.1, 0.15) is 12.4 Å². The SMILES string of the molecule is CCCN(CC(=O)N1CCc2sccc2[C@@H]1COc1cccc(C)c1)C[C@@H](O)COCC. The Morgan fingerprint density at radius 2 is 2.19 bits per heavy atom. The standard InChI is InChI=1S/C25H36N2O4S/c1-4-11-26(15-20(28)17-30-5-2)16-25(29)27-12-9-24-22(10-13-32-24)23(27)18-31-21-8-6-7-19(3)14-21/h6-8,10,13-14,20,23,28H,4-5,9,11-12,15-18H2,1-3H3/t20-,23+/m1/s1. The van der Waals surface area contributed by atoms with Gasteiger partial charge in [0.15, 0.2) is 0 Å². The van der Waals surface area contributed by atoms with Crippen LogP contribution >= 0.6 is 11.3 Å². The molecule has 1 aromatic heterocycles. The van der Waals surface area contributed by atoms with Crippen molar-refractivity contribution in [3.8, 4) is 5.75 Å². The van der Waals surface area contributed by atoms with Crippen LogP contribution < -0.4 is 4.74 Å². The molecule has 1 aromatic carbocycles. The lowest BCUT2D eigenvalue weighted by Crippen LogP contribution is -2.48. The van der Waals surface area contributed by atoms with Gasteiger partial charge in [0.2, 0.25) is 5.91 Å². The fourth-order valence-corrected chi connectivity index (χ4v) is 5.12. The highest BCUT2D eigenvalue weighted by Gasteiger charge is 2.33. The summed E-state index contributed by atoms with van der Waals surface area (Å²) in [5, 5.41) is 12.4. The minimum atomic E-state index is -0.598. The molecule has 0 saturated carbocycles. The Labute approximate surface area is 195 Å². The smallest absolute Gasteiger partial charge is 0.237 e. The molecule has 32 heavy (non-hydrogen) atoms. The van der Waals surface area contributed by atoms with Crippen molar-refractivity contribution in [2.24, 2.45) is 0 Å². The van der Waals surface area contributed by atoms with E-state index in [0.717, 1.165) is 30.7 Å². The molecule has 0 spiro atoms. The molecule has 0 bridgehead atoms. The molecule has 7 heteroatoms. The fourth-order valence-electron chi connectivity index (χ4n) is 4.19. The number of aliphatic hydroxyl groups excluding tert-OH is 1. The summed E-state index contributed by atoms with van der Waals surface area (Å²) >= 11 is 1.75. The molecule has 176 valence electrons. The number of thiophene rings is 1. The number of hydrogen-bond acceptors (Lipinski definition) is 6. The van der Waals surface area contributed by atoms with Gasteiger partial charge in [0, 0.05) is 24.6 Å². The number of carbonyl (C=O) groups is 1. The van der Waals surface area contributed by atoms with E-state index >= 15 is 0 Å². The van der Waals surface area contributed by atoms with Crippen molar-refractivity contribution in [2.45, 2.75) is 45.8 Å². The summed E-state index contributed by atoms with van der Waals surface area (Å²) in [6.45, 7) is 9.51. The van der Waals surface area contributed by atoms with Crippen LogP contribution in [0.25, 0.3) is 0 Å². The van der Waals surface area contributed by atoms with E-state index in [1.807, 2.05) is 47.9 Å². The second-order valence-electron chi connectivity index (χ2n) is 8.33. The third-order valence-electron chi connectivity index (χ3n) is 5.69. The summed E-state index contributed by atoms with van der Waals surface area (Å²) in [7, 11) is 0. The van der Waals surface area contributed by atoms with E-state index in [1.54, 1.807) is 11.3 Å². The molecule has 1 amide bonds. The zero-order chi connectivity index (χ0) is 22.9. The molecule has 1 aliphatic heterocycles. The van der Waals surface area contributed by atoms with E-state index in [4.69, 9.17) is 9.47 Å². The molecule has 0 unspecified atom stereocenters. The first-order chi connectivity index (χ1) is 15.5. The normalized spacial score (nSPS) is 16.8. The molecule has 0 fully saturated rings. The lowest BCUT2D eigenvalue weighted by Gasteiger charge is -2.37. The highest BCUT2D eigenvalue weighted by Crippen LogP contribution is 2.34. The van der Waals surface area contributed by atoms with Crippen LogP contribution in [0.2, 0.25) is 0 Å². The minimum Gasteiger partial charge on any atom is -0.491 e. The van der Waals surface area contributed by atoms with Crippen molar-refractivity contribution in [1.82, 2.24) is 9.80 Å². The maximum absolute atomic E-state index is 13.4. The predicted molar refractivity (Wildman–Crippen MR) is 128 cm³/mol. The molecular weight excluding hydrogens is 424 g/mol. The molecule has 6 nitrogen and oxygen atoms in total. The van der Waals surface area contributed by atoms with Gasteiger partial charge in [-0.1, -0.05) is 19.1 Å². The zero-order valence-corrected chi connectivity index (χ0v) is 20.3. The number of nitrogens with zero attached hydrogens (tertiary/aromatic N) is 2. The van der Waals surface area contributed by atoms with Gasteiger partial charge in [-0.2, -0.15) is 0 Å². The molecule has 1 N–H and O–H groups in total. The number of amides is 1. The summed E-state index contributed by atoms with van der Waals surface area (Å²) in [4.78, 5) is 18.7. The Balaban J connectivity index is 1.69. The number of rotatable bonds is 12. The van der Waals surface area contributed by atoms with Crippen molar-refractivity contribution in [3.63, 3.8) is 0 Å². The van der Waals surface area contributed by atoms with Crippen LogP contribution in [-0.4, -0.2) is 72.9 Å². The molecule has 0 radical (unpaired) electrons. The van der Waals surface area contributed by atoms with Crippen molar-refractivity contribution in [1.29, 1.82) is 0 Å². The Hall–Kier alpha value is -1.93. The van der Waals surface area contributed by atoms with Gasteiger partial charge >= 0.3 is 0 Å². The topological polar surface area (TPSA) is 62.2 Å². The first-order valence-corrected chi connectivity index (χ1v) is 12.4. The lowest BCUT2D eigenvalue weighted by molar-refractivity contribution is -0.136. The van der Waals surface area contributed by atoms with E-state index in [9.17, 15) is 9.90 Å². The van der Waals surface area contributed by atoms with Crippen LogP contribution in [0.1, 0.15) is 42.3 Å². The van der Waals surface area contributed by atoms with Crippen LogP contribution in [0, 0.1) is 6.92 Å². The Morgan fingerprint density at radius 3 is 2.94 bits per heavy atom. The van der Waals surface area contributed by atoms with Gasteiger partial charge in [-0.15, -0.1) is 11.3 Å². The maximum Gasteiger partial charge on any atom is 0.237 e. The summed E-state index contributed by atoms with van der Waals surface area (Å²) in [5.41, 5.74) is 2.34. The summed E-state index contributed by atoms with van der Waals surface area (Å²) in [6, 6.07) is 10.0. The largest absolute Gasteiger partial charge is 0.491 e. The number of aliphatic hydroxyl groups is 1. The Bertz CT molecular complexity index is 856. The quantitative estimate of drug-likeness (QED) is 0.524. The van der Waals surface area contributed by atoms with E-state index in [0.29, 0.717) is 32.9 Å². The third-order valence-corrected chi connectivity index (χ3v) is 6.69. The average molecular weight is 461 g/mol. The first kappa shape index (κ1) is 24.7. The number of hydrogen-bond donors (Lipinski definition) is 1. The van der Waals surface area contributed by atoms with Crippen LogP contribution in [0.15, 0.2) is 35.7 Å². The summed E-state index contributed by atoms with van der Waals surface area (Å²) in [6.07, 6.45) is 1.20. The van der Waals surface area contributed by atoms with E-state index in [-0.39, 0.29) is 18.5 Å². The highest BCUT2D eigenvalue weighted by molar-refractivity contribution is 7.10. The van der Waals surface area contributed by atoms with Crippen molar-refractivity contribution >= 4 is 17.2 Å². The number of aryl methyl sites for hydroxylation is 1. The zero-order valence-electron chi connectivity index (χ0n) is 19.5. The summed E-state index contributed by atoms with van der Waals surface area (Å²) < 4.78 is 11.5. The predicted octanol–water partition coefficient (Wildman–Crippen LogP) is 3.67. The fraction of sp³-hybridized carbons (Fsp3) is 0.560. The molecule has 3 rings (SSSR count). The van der Waals surface area contributed by atoms with Gasteiger partial charge in [0.05, 0.1) is 25.3 Å². The third kappa shape index (κ3) is 6.78. The first-order valence-electron chi connectivity index (χ1n) is 11.5. The van der Waals surface area contributed by atoms with Gasteiger partial charge in [-0.25, -0.2) is 0 Å². The Kier molecular flexibility index (Phi) is 9.53. The minimum absolute atomic E-state index is 0.0803. The van der Waals surface area contributed by atoms with Crippen molar-refractivity contribution < 1.29 is 19.4 Å². The average Bonchev–Trinajstić information content (AvgIpc) is 3.25. The molecular formula is C25H36N2O4S. The monoisotopic (exact) mass is 460 g/mol. The van der Waals surface area contributed by atoms with Crippen LogP contribution in [0.4, 0.5) is 0 Å². The number of ether oxygens (including phenoxy) is 2.